The van der Waals surface area contributed by atoms with Gasteiger partial charge in [-0.05, 0) is 34.7 Å². The van der Waals surface area contributed by atoms with Gasteiger partial charge >= 0.3 is 0 Å². The van der Waals surface area contributed by atoms with Crippen LogP contribution in [0.5, 0.6) is 0 Å². The van der Waals surface area contributed by atoms with E-state index in [1.807, 2.05) is 24.3 Å². The second-order valence-electron chi connectivity index (χ2n) is 4.90. The molecule has 0 aliphatic rings. The highest BCUT2D eigenvalue weighted by Gasteiger charge is 2.10. The van der Waals surface area contributed by atoms with E-state index in [0.717, 1.165) is 16.7 Å². The Bertz CT molecular complexity index is 500. The Morgan fingerprint density at radius 3 is 1.72 bits per heavy atom. The van der Waals surface area contributed by atoms with E-state index in [-0.39, 0.29) is 11.9 Å². The lowest BCUT2D eigenvalue weighted by atomic mass is 9.95. The van der Waals surface area contributed by atoms with Crippen molar-refractivity contribution in [3.8, 4) is 11.1 Å². The van der Waals surface area contributed by atoms with Crippen LogP contribution in [0.3, 0.4) is 0 Å². The van der Waals surface area contributed by atoms with E-state index in [1.165, 1.54) is 12.1 Å². The molecule has 18 heavy (non-hydrogen) atoms. The van der Waals surface area contributed by atoms with Gasteiger partial charge in [0, 0.05) is 6.04 Å². The Kier molecular flexibility index (Phi) is 3.78. The van der Waals surface area contributed by atoms with Crippen molar-refractivity contribution in [3.63, 3.8) is 0 Å². The zero-order chi connectivity index (χ0) is 13.1. The minimum absolute atomic E-state index is 0.0623. The first-order valence-corrected chi connectivity index (χ1v) is 6.19. The van der Waals surface area contributed by atoms with Crippen molar-refractivity contribution in [3.05, 3.63) is 59.9 Å². The van der Waals surface area contributed by atoms with Gasteiger partial charge in [-0.2, -0.15) is 0 Å². The predicted molar refractivity (Wildman–Crippen MR) is 73.6 cm³/mol. The van der Waals surface area contributed by atoms with Gasteiger partial charge in [0.2, 0.25) is 0 Å². The molecule has 2 aromatic rings. The summed E-state index contributed by atoms with van der Waals surface area (Å²) in [5, 5.41) is 0. The third kappa shape index (κ3) is 2.77. The Morgan fingerprint density at radius 1 is 0.833 bits per heavy atom. The van der Waals surface area contributed by atoms with Crippen molar-refractivity contribution in [2.45, 2.75) is 19.9 Å². The van der Waals surface area contributed by atoms with E-state index in [0.29, 0.717) is 5.92 Å². The molecule has 2 N–H and O–H groups in total. The molecule has 0 aromatic heterocycles. The molecule has 2 rings (SSSR count). The van der Waals surface area contributed by atoms with E-state index in [2.05, 4.69) is 13.8 Å². The van der Waals surface area contributed by atoms with Gasteiger partial charge in [-0.3, -0.25) is 0 Å². The molecule has 0 spiro atoms. The van der Waals surface area contributed by atoms with Crippen LogP contribution in [0.1, 0.15) is 25.5 Å². The third-order valence-corrected chi connectivity index (χ3v) is 3.19. The lowest BCUT2D eigenvalue weighted by molar-refractivity contribution is 0.514. The molecule has 0 radical (unpaired) electrons. The molecule has 0 saturated carbocycles. The Labute approximate surface area is 107 Å². The fourth-order valence-corrected chi connectivity index (χ4v) is 1.93. The standard InChI is InChI=1S/C16H18FN/c1-11(2)16(18)14-5-3-12(4-6-14)13-7-9-15(17)10-8-13/h3-11,16H,18H2,1-2H3. The summed E-state index contributed by atoms with van der Waals surface area (Å²) < 4.78 is 12.8. The van der Waals surface area contributed by atoms with Gasteiger partial charge in [-0.1, -0.05) is 50.2 Å². The molecule has 0 aliphatic carbocycles. The maximum Gasteiger partial charge on any atom is 0.123 e. The molecule has 2 heteroatoms. The van der Waals surface area contributed by atoms with E-state index in [4.69, 9.17) is 5.73 Å². The molecule has 2 aromatic carbocycles. The zero-order valence-electron chi connectivity index (χ0n) is 10.7. The smallest absolute Gasteiger partial charge is 0.123 e. The van der Waals surface area contributed by atoms with Gasteiger partial charge in [0.1, 0.15) is 5.82 Å². The van der Waals surface area contributed by atoms with Crippen LogP contribution in [0.2, 0.25) is 0 Å². The molecule has 0 saturated heterocycles. The van der Waals surface area contributed by atoms with Crippen LogP contribution < -0.4 is 5.73 Å². The average Bonchev–Trinajstić information content (AvgIpc) is 2.39. The molecule has 0 aliphatic heterocycles. The van der Waals surface area contributed by atoms with Crippen LogP contribution in [0.4, 0.5) is 4.39 Å². The van der Waals surface area contributed by atoms with Crippen LogP contribution in [0.25, 0.3) is 11.1 Å². The Hall–Kier alpha value is -1.67. The lowest BCUT2D eigenvalue weighted by Crippen LogP contribution is -2.16. The summed E-state index contributed by atoms with van der Waals surface area (Å²) in [4.78, 5) is 0. The van der Waals surface area contributed by atoms with Crippen molar-refractivity contribution in [2.75, 3.05) is 0 Å². The van der Waals surface area contributed by atoms with Crippen LogP contribution in [0.15, 0.2) is 48.5 Å². The Balaban J connectivity index is 2.24. The molecule has 1 nitrogen and oxygen atoms in total. The molecule has 0 amide bonds. The lowest BCUT2D eigenvalue weighted by Gasteiger charge is -2.16. The third-order valence-electron chi connectivity index (χ3n) is 3.19. The van der Waals surface area contributed by atoms with Crippen molar-refractivity contribution in [1.82, 2.24) is 0 Å². The highest BCUT2D eigenvalue weighted by atomic mass is 19.1. The summed E-state index contributed by atoms with van der Waals surface area (Å²) in [5.74, 6) is 0.207. The summed E-state index contributed by atoms with van der Waals surface area (Å²) in [6.07, 6.45) is 0. The van der Waals surface area contributed by atoms with Crippen LogP contribution in [-0.4, -0.2) is 0 Å². The SMILES string of the molecule is CC(C)C(N)c1ccc(-c2ccc(F)cc2)cc1. The van der Waals surface area contributed by atoms with E-state index in [9.17, 15) is 4.39 Å². The van der Waals surface area contributed by atoms with Gasteiger partial charge in [0.05, 0.1) is 0 Å². The van der Waals surface area contributed by atoms with Crippen LogP contribution >= 0.6 is 0 Å². The summed E-state index contributed by atoms with van der Waals surface area (Å²) >= 11 is 0. The number of halogens is 1. The fourth-order valence-electron chi connectivity index (χ4n) is 1.93. The average molecular weight is 243 g/mol. The predicted octanol–water partition coefficient (Wildman–Crippen LogP) is 4.15. The minimum atomic E-state index is -0.211. The number of hydrogen-bond acceptors (Lipinski definition) is 1. The first-order valence-electron chi connectivity index (χ1n) is 6.19. The molecule has 0 heterocycles. The van der Waals surface area contributed by atoms with Crippen LogP contribution in [-0.2, 0) is 0 Å². The van der Waals surface area contributed by atoms with Crippen molar-refractivity contribution in [1.29, 1.82) is 0 Å². The van der Waals surface area contributed by atoms with Gasteiger partial charge in [0.25, 0.3) is 0 Å². The highest BCUT2D eigenvalue weighted by molar-refractivity contribution is 5.63. The molecule has 0 fully saturated rings. The summed E-state index contributed by atoms with van der Waals surface area (Å²) in [5.41, 5.74) is 9.33. The number of hydrogen-bond donors (Lipinski definition) is 1. The second kappa shape index (κ2) is 5.32. The number of rotatable bonds is 3. The number of benzene rings is 2. The summed E-state index contributed by atoms with van der Waals surface area (Å²) in [6.45, 7) is 4.22. The second-order valence-corrected chi connectivity index (χ2v) is 4.90. The van der Waals surface area contributed by atoms with Gasteiger partial charge < -0.3 is 5.73 Å². The quantitative estimate of drug-likeness (QED) is 0.861. The topological polar surface area (TPSA) is 26.0 Å². The number of nitrogens with two attached hydrogens (primary N) is 1. The zero-order valence-corrected chi connectivity index (χ0v) is 10.7. The molecule has 1 atom stereocenters. The maximum atomic E-state index is 12.8. The fraction of sp³-hybridized carbons (Fsp3) is 0.250. The largest absolute Gasteiger partial charge is 0.324 e. The van der Waals surface area contributed by atoms with E-state index < -0.39 is 0 Å². The van der Waals surface area contributed by atoms with E-state index in [1.54, 1.807) is 12.1 Å². The van der Waals surface area contributed by atoms with Crippen molar-refractivity contribution < 1.29 is 4.39 Å². The maximum absolute atomic E-state index is 12.8. The minimum Gasteiger partial charge on any atom is -0.324 e. The van der Waals surface area contributed by atoms with Crippen molar-refractivity contribution in [2.24, 2.45) is 11.7 Å². The first kappa shape index (κ1) is 12.8. The molecule has 94 valence electrons. The van der Waals surface area contributed by atoms with Crippen LogP contribution in [0, 0.1) is 11.7 Å². The Morgan fingerprint density at radius 2 is 1.28 bits per heavy atom. The van der Waals surface area contributed by atoms with Gasteiger partial charge in [0.15, 0.2) is 0 Å². The van der Waals surface area contributed by atoms with E-state index >= 15 is 0 Å². The van der Waals surface area contributed by atoms with Crippen molar-refractivity contribution >= 4 is 0 Å². The van der Waals surface area contributed by atoms with Gasteiger partial charge in [-0.25, -0.2) is 4.39 Å². The molecular weight excluding hydrogens is 225 g/mol. The first-order chi connectivity index (χ1) is 8.58. The summed E-state index contributed by atoms with van der Waals surface area (Å²) in [6, 6.07) is 14.7. The molecule has 1 unspecified atom stereocenters. The summed E-state index contributed by atoms with van der Waals surface area (Å²) in [7, 11) is 0. The highest BCUT2D eigenvalue weighted by Crippen LogP contribution is 2.24. The molecular formula is C16H18FN. The monoisotopic (exact) mass is 243 g/mol. The normalized spacial score (nSPS) is 12.7. The molecule has 0 bridgehead atoms. The van der Waals surface area contributed by atoms with Gasteiger partial charge in [-0.15, -0.1) is 0 Å².